The monoisotopic (exact) mass is 330 g/mol. The number of hydrogen-bond donors (Lipinski definition) is 1. The van der Waals surface area contributed by atoms with E-state index in [9.17, 15) is 28.1 Å². The fourth-order valence-corrected chi connectivity index (χ4v) is 1.87. The molecule has 0 aliphatic rings. The van der Waals surface area contributed by atoms with Crippen molar-refractivity contribution in [1.29, 1.82) is 0 Å². The zero-order valence-corrected chi connectivity index (χ0v) is 11.3. The Hall–Kier alpha value is -2.61. The van der Waals surface area contributed by atoms with Crippen molar-refractivity contribution in [3.63, 3.8) is 0 Å². The maximum atomic E-state index is 13.4. The lowest BCUT2D eigenvalue weighted by molar-refractivity contribution is -0.384. The summed E-state index contributed by atoms with van der Waals surface area (Å²) in [6, 6.07) is 3.79. The van der Waals surface area contributed by atoms with Crippen LogP contribution in [0.3, 0.4) is 0 Å². The van der Waals surface area contributed by atoms with Crippen LogP contribution in [0.15, 0.2) is 30.3 Å². The first kappa shape index (κ1) is 15.8. The summed E-state index contributed by atoms with van der Waals surface area (Å²) in [4.78, 5) is 21.8. The van der Waals surface area contributed by atoms with Crippen LogP contribution in [0.4, 0.5) is 24.5 Å². The quantitative estimate of drug-likeness (QED) is 0.526. The minimum Gasteiger partial charge on any atom is -0.319 e. The molecule has 5 nitrogen and oxygen atoms in total. The van der Waals surface area contributed by atoms with Crippen molar-refractivity contribution in [1.82, 2.24) is 0 Å². The molecular formula is C13H6ClF3N2O3. The van der Waals surface area contributed by atoms with Gasteiger partial charge in [-0.05, 0) is 6.07 Å². The lowest BCUT2D eigenvalue weighted by Crippen LogP contribution is -2.14. The van der Waals surface area contributed by atoms with Crippen molar-refractivity contribution in [3.8, 4) is 0 Å². The molecule has 2 aromatic rings. The number of halogens is 4. The van der Waals surface area contributed by atoms with Crippen LogP contribution in [0.5, 0.6) is 0 Å². The lowest BCUT2D eigenvalue weighted by Gasteiger charge is -2.08. The third-order valence-electron chi connectivity index (χ3n) is 2.67. The van der Waals surface area contributed by atoms with Gasteiger partial charge >= 0.3 is 0 Å². The number of anilines is 1. The fraction of sp³-hybridized carbons (Fsp3) is 0. The standard InChI is InChI=1S/C13H6ClF3N2O3/c14-8-3-6(19(21)22)1-2-7(8)13(20)18-12-5-10(16)9(15)4-11(12)17/h1-5H,(H,18,20). The number of carbonyl (C=O) groups excluding carboxylic acids is 1. The summed E-state index contributed by atoms with van der Waals surface area (Å²) in [5, 5.41) is 12.3. The van der Waals surface area contributed by atoms with Gasteiger partial charge in [-0.1, -0.05) is 11.6 Å². The van der Waals surface area contributed by atoms with Crippen LogP contribution in [0.1, 0.15) is 10.4 Å². The van der Waals surface area contributed by atoms with Gasteiger partial charge in [0.1, 0.15) is 5.82 Å². The number of benzene rings is 2. The third kappa shape index (κ3) is 3.17. The molecule has 2 rings (SSSR count). The van der Waals surface area contributed by atoms with Gasteiger partial charge in [0.15, 0.2) is 11.6 Å². The SMILES string of the molecule is O=C(Nc1cc(F)c(F)cc1F)c1ccc([N+](=O)[O-])cc1Cl. The van der Waals surface area contributed by atoms with Gasteiger partial charge in [0.2, 0.25) is 0 Å². The molecule has 0 unspecified atom stereocenters. The van der Waals surface area contributed by atoms with E-state index >= 15 is 0 Å². The Balaban J connectivity index is 2.30. The average Bonchev–Trinajstić information content (AvgIpc) is 2.44. The van der Waals surface area contributed by atoms with Gasteiger partial charge in [-0.15, -0.1) is 0 Å². The molecule has 0 saturated heterocycles. The van der Waals surface area contributed by atoms with E-state index in [1.807, 2.05) is 5.32 Å². The molecule has 0 heterocycles. The van der Waals surface area contributed by atoms with Gasteiger partial charge < -0.3 is 5.32 Å². The average molecular weight is 331 g/mol. The largest absolute Gasteiger partial charge is 0.319 e. The molecule has 0 aromatic heterocycles. The molecule has 1 amide bonds. The van der Waals surface area contributed by atoms with Crippen molar-refractivity contribution in [2.75, 3.05) is 5.32 Å². The summed E-state index contributed by atoms with van der Waals surface area (Å²) in [6.07, 6.45) is 0. The molecule has 2 aromatic carbocycles. The summed E-state index contributed by atoms with van der Waals surface area (Å²) in [5.74, 6) is -4.84. The second-order valence-electron chi connectivity index (χ2n) is 4.12. The fourth-order valence-electron chi connectivity index (χ4n) is 1.61. The van der Waals surface area contributed by atoms with Gasteiger partial charge in [0.05, 0.1) is 21.2 Å². The maximum absolute atomic E-state index is 13.4. The topological polar surface area (TPSA) is 72.2 Å². The van der Waals surface area contributed by atoms with Crippen LogP contribution in [0.2, 0.25) is 5.02 Å². The number of nitro benzene ring substituents is 1. The van der Waals surface area contributed by atoms with Crippen molar-refractivity contribution in [2.45, 2.75) is 0 Å². The smallest absolute Gasteiger partial charge is 0.270 e. The minimum atomic E-state index is -1.40. The molecular weight excluding hydrogens is 325 g/mol. The van der Waals surface area contributed by atoms with Crippen LogP contribution < -0.4 is 5.32 Å². The van der Waals surface area contributed by atoms with E-state index in [-0.39, 0.29) is 22.3 Å². The second kappa shape index (κ2) is 6.02. The third-order valence-corrected chi connectivity index (χ3v) is 2.98. The molecule has 0 spiro atoms. The molecule has 0 atom stereocenters. The van der Waals surface area contributed by atoms with E-state index in [0.29, 0.717) is 6.07 Å². The first-order valence-corrected chi connectivity index (χ1v) is 6.07. The van der Waals surface area contributed by atoms with Crippen LogP contribution in [0.25, 0.3) is 0 Å². The number of nitrogens with one attached hydrogen (secondary N) is 1. The first-order chi connectivity index (χ1) is 10.3. The first-order valence-electron chi connectivity index (χ1n) is 5.69. The van der Waals surface area contributed by atoms with E-state index < -0.39 is 34.0 Å². The highest BCUT2D eigenvalue weighted by atomic mass is 35.5. The number of amides is 1. The highest BCUT2D eigenvalue weighted by Gasteiger charge is 2.17. The van der Waals surface area contributed by atoms with Gasteiger partial charge in [0, 0.05) is 24.3 Å². The second-order valence-corrected chi connectivity index (χ2v) is 4.53. The zero-order valence-electron chi connectivity index (χ0n) is 10.6. The van der Waals surface area contributed by atoms with E-state index in [1.54, 1.807) is 0 Å². The van der Waals surface area contributed by atoms with Gasteiger partial charge in [-0.3, -0.25) is 14.9 Å². The van der Waals surface area contributed by atoms with Gasteiger partial charge in [-0.25, -0.2) is 13.2 Å². The molecule has 22 heavy (non-hydrogen) atoms. The Morgan fingerprint density at radius 3 is 2.32 bits per heavy atom. The highest BCUT2D eigenvalue weighted by molar-refractivity contribution is 6.34. The number of carbonyl (C=O) groups is 1. The zero-order chi connectivity index (χ0) is 16.4. The van der Waals surface area contributed by atoms with Crippen molar-refractivity contribution >= 4 is 28.9 Å². The van der Waals surface area contributed by atoms with E-state index in [2.05, 4.69) is 0 Å². The predicted molar refractivity (Wildman–Crippen MR) is 72.4 cm³/mol. The molecule has 0 radical (unpaired) electrons. The molecule has 0 saturated carbocycles. The summed E-state index contributed by atoms with van der Waals surface area (Å²) >= 11 is 5.74. The number of rotatable bonds is 3. The summed E-state index contributed by atoms with van der Waals surface area (Å²) < 4.78 is 39.3. The van der Waals surface area contributed by atoms with Crippen LogP contribution in [0, 0.1) is 27.6 Å². The minimum absolute atomic E-state index is 0.184. The molecule has 0 bridgehead atoms. The Morgan fingerprint density at radius 1 is 1.09 bits per heavy atom. The van der Waals surface area contributed by atoms with Crippen molar-refractivity contribution in [2.24, 2.45) is 0 Å². The molecule has 0 aliphatic heterocycles. The summed E-state index contributed by atoms with van der Waals surface area (Å²) in [6.45, 7) is 0. The number of nitro groups is 1. The highest BCUT2D eigenvalue weighted by Crippen LogP contribution is 2.24. The normalized spacial score (nSPS) is 10.4. The number of nitrogens with zero attached hydrogens (tertiary/aromatic N) is 1. The lowest BCUT2D eigenvalue weighted by atomic mass is 10.2. The Kier molecular flexibility index (Phi) is 4.32. The van der Waals surface area contributed by atoms with Crippen LogP contribution in [-0.2, 0) is 0 Å². The van der Waals surface area contributed by atoms with E-state index in [1.165, 1.54) is 0 Å². The molecule has 1 N–H and O–H groups in total. The molecule has 0 fully saturated rings. The van der Waals surface area contributed by atoms with Crippen molar-refractivity contribution < 1.29 is 22.9 Å². The summed E-state index contributed by atoms with van der Waals surface area (Å²) in [7, 11) is 0. The molecule has 9 heteroatoms. The Labute approximate surface area is 126 Å². The molecule has 114 valence electrons. The van der Waals surface area contributed by atoms with Gasteiger partial charge in [0.25, 0.3) is 11.6 Å². The Bertz CT molecular complexity index is 783. The van der Waals surface area contributed by atoms with Crippen molar-refractivity contribution in [3.05, 3.63) is 68.5 Å². The molecule has 0 aliphatic carbocycles. The Morgan fingerprint density at radius 2 is 1.73 bits per heavy atom. The number of hydrogen-bond acceptors (Lipinski definition) is 3. The maximum Gasteiger partial charge on any atom is 0.270 e. The van der Waals surface area contributed by atoms with E-state index in [4.69, 9.17) is 11.6 Å². The van der Waals surface area contributed by atoms with Crippen LogP contribution in [-0.4, -0.2) is 10.8 Å². The van der Waals surface area contributed by atoms with E-state index in [0.717, 1.165) is 18.2 Å². The van der Waals surface area contributed by atoms with Crippen LogP contribution >= 0.6 is 11.6 Å². The number of non-ortho nitro benzene ring substituents is 1. The van der Waals surface area contributed by atoms with Gasteiger partial charge in [-0.2, -0.15) is 0 Å². The summed E-state index contributed by atoms with van der Waals surface area (Å²) in [5.41, 5.74) is -1.10. The predicted octanol–water partition coefficient (Wildman–Crippen LogP) is 3.92.